The first-order valence-electron chi connectivity index (χ1n) is 3.78. The van der Waals surface area contributed by atoms with E-state index in [0.29, 0.717) is 5.76 Å². The van der Waals surface area contributed by atoms with Gasteiger partial charge >= 0.3 is 0 Å². The number of allylic oxidation sites excluding steroid dienone is 1. The van der Waals surface area contributed by atoms with Crippen LogP contribution >= 0.6 is 0 Å². The van der Waals surface area contributed by atoms with Crippen molar-refractivity contribution in [2.24, 2.45) is 11.5 Å². The Hall–Kier alpha value is -1.05. The van der Waals surface area contributed by atoms with Crippen LogP contribution in [0.2, 0.25) is 0 Å². The van der Waals surface area contributed by atoms with Gasteiger partial charge < -0.3 is 16.2 Å². The van der Waals surface area contributed by atoms with Gasteiger partial charge in [0.15, 0.2) is 4.87 Å². The fourth-order valence-corrected chi connectivity index (χ4v) is 1.72. The minimum absolute atomic E-state index is 0.189. The quantitative estimate of drug-likeness (QED) is 0.530. The summed E-state index contributed by atoms with van der Waals surface area (Å²) in [4.78, 5) is -1.85. The molecule has 0 spiro atoms. The second-order valence-corrected chi connectivity index (χ2v) is 4.74. The lowest BCUT2D eigenvalue weighted by atomic mass is 10.1. The molecule has 0 fully saturated rings. The lowest BCUT2D eigenvalue weighted by molar-refractivity contribution is 0.295. The first-order chi connectivity index (χ1) is 6.30. The van der Waals surface area contributed by atoms with Crippen LogP contribution in [0.1, 0.15) is 6.42 Å². The van der Waals surface area contributed by atoms with Crippen LogP contribution in [-0.2, 0) is 14.9 Å². The highest BCUT2D eigenvalue weighted by molar-refractivity contribution is 7.87. The second-order valence-electron chi connectivity index (χ2n) is 3.03. The van der Waals surface area contributed by atoms with Gasteiger partial charge in [-0.2, -0.15) is 8.42 Å². The Morgan fingerprint density at radius 3 is 2.57 bits per heavy atom. The molecule has 0 aromatic heterocycles. The number of rotatable bonds is 2. The molecule has 1 aliphatic rings. The molecule has 0 radical (unpaired) electrons. The van der Waals surface area contributed by atoms with E-state index in [1.165, 1.54) is 13.2 Å². The van der Waals surface area contributed by atoms with E-state index in [4.69, 9.17) is 20.8 Å². The number of ether oxygens (including phenoxy) is 1. The highest BCUT2D eigenvalue weighted by Crippen LogP contribution is 2.26. The van der Waals surface area contributed by atoms with E-state index in [0.717, 1.165) is 6.08 Å². The maximum Gasteiger partial charge on any atom is 0.288 e. The first-order valence-corrected chi connectivity index (χ1v) is 5.22. The van der Waals surface area contributed by atoms with Crippen LogP contribution in [0.3, 0.4) is 0 Å². The highest BCUT2D eigenvalue weighted by Gasteiger charge is 2.39. The summed E-state index contributed by atoms with van der Waals surface area (Å²) in [6, 6.07) is 0. The van der Waals surface area contributed by atoms with Crippen molar-refractivity contribution in [2.45, 2.75) is 11.3 Å². The van der Waals surface area contributed by atoms with Crippen molar-refractivity contribution in [1.29, 1.82) is 0 Å². The first kappa shape index (κ1) is 11.0. The molecule has 0 saturated carbocycles. The van der Waals surface area contributed by atoms with E-state index in [-0.39, 0.29) is 12.1 Å². The Balaban J connectivity index is 3.08. The Kier molecular flexibility index (Phi) is 2.57. The van der Waals surface area contributed by atoms with Crippen LogP contribution in [0.15, 0.2) is 23.6 Å². The van der Waals surface area contributed by atoms with Gasteiger partial charge in [-0.1, -0.05) is 0 Å². The molecule has 0 heterocycles. The fourth-order valence-electron chi connectivity index (χ4n) is 1.14. The summed E-state index contributed by atoms with van der Waals surface area (Å²) in [7, 11) is -2.96. The maximum absolute atomic E-state index is 10.9. The van der Waals surface area contributed by atoms with Crippen LogP contribution in [-0.4, -0.2) is 25.0 Å². The Bertz CT molecular complexity index is 398. The van der Waals surface area contributed by atoms with Gasteiger partial charge in [-0.25, -0.2) is 0 Å². The van der Waals surface area contributed by atoms with Crippen LogP contribution in [0.5, 0.6) is 0 Å². The van der Waals surface area contributed by atoms with Crippen LogP contribution in [0, 0.1) is 0 Å². The predicted molar refractivity (Wildman–Crippen MR) is 50.4 cm³/mol. The van der Waals surface area contributed by atoms with Crippen molar-refractivity contribution in [3.8, 4) is 0 Å². The van der Waals surface area contributed by atoms with Crippen LogP contribution in [0.4, 0.5) is 0 Å². The van der Waals surface area contributed by atoms with Crippen LogP contribution in [0.25, 0.3) is 0 Å². The molecule has 7 heteroatoms. The lowest BCUT2D eigenvalue weighted by Crippen LogP contribution is -2.48. The molecule has 1 aliphatic carbocycles. The molecule has 5 N–H and O–H groups in total. The van der Waals surface area contributed by atoms with Crippen LogP contribution < -0.4 is 11.5 Å². The zero-order valence-corrected chi connectivity index (χ0v) is 8.41. The van der Waals surface area contributed by atoms with E-state index in [9.17, 15) is 8.42 Å². The summed E-state index contributed by atoms with van der Waals surface area (Å²) >= 11 is 0. The molecule has 0 amide bonds. The van der Waals surface area contributed by atoms with Gasteiger partial charge in [0.25, 0.3) is 10.1 Å². The molecular weight excluding hydrogens is 208 g/mol. The van der Waals surface area contributed by atoms with Crippen molar-refractivity contribution in [2.75, 3.05) is 7.11 Å². The summed E-state index contributed by atoms with van der Waals surface area (Å²) in [5.41, 5.74) is 11.1. The minimum Gasteiger partial charge on any atom is -0.495 e. The average Bonchev–Trinajstić information content (AvgIpc) is 2.02. The normalized spacial score (nSPS) is 27.9. The average molecular weight is 220 g/mol. The maximum atomic E-state index is 10.9. The molecule has 6 nitrogen and oxygen atoms in total. The largest absolute Gasteiger partial charge is 0.495 e. The number of nitrogens with two attached hydrogens (primary N) is 2. The standard InChI is InChI=1S/C7H12N2O4S/c1-13-6-2-3-7(9,4-5(6)8)14(10,11)12/h2-3H,4,8-9H2,1H3,(H,10,11,12). The molecular formula is C7H12N2O4S. The van der Waals surface area contributed by atoms with E-state index >= 15 is 0 Å². The van der Waals surface area contributed by atoms with E-state index in [1.807, 2.05) is 0 Å². The van der Waals surface area contributed by atoms with E-state index in [1.54, 1.807) is 0 Å². The molecule has 0 aliphatic heterocycles. The lowest BCUT2D eigenvalue weighted by Gasteiger charge is -2.26. The van der Waals surface area contributed by atoms with E-state index in [2.05, 4.69) is 0 Å². The molecule has 1 rings (SSSR count). The molecule has 0 aromatic rings. The molecule has 0 aromatic carbocycles. The van der Waals surface area contributed by atoms with Crippen molar-refractivity contribution < 1.29 is 17.7 Å². The number of hydrogen-bond donors (Lipinski definition) is 3. The second kappa shape index (κ2) is 3.26. The summed E-state index contributed by atoms with van der Waals surface area (Å²) in [5.74, 6) is 0.356. The third-order valence-corrected chi connectivity index (χ3v) is 3.24. The smallest absolute Gasteiger partial charge is 0.288 e. The molecule has 80 valence electrons. The molecule has 1 unspecified atom stereocenters. The Morgan fingerprint density at radius 1 is 1.64 bits per heavy atom. The topological polar surface area (TPSA) is 116 Å². The van der Waals surface area contributed by atoms with Gasteiger partial charge in [-0.15, -0.1) is 0 Å². The minimum atomic E-state index is -4.37. The van der Waals surface area contributed by atoms with Gasteiger partial charge in [0.1, 0.15) is 5.76 Å². The highest BCUT2D eigenvalue weighted by atomic mass is 32.2. The van der Waals surface area contributed by atoms with Gasteiger partial charge in [-0.3, -0.25) is 4.55 Å². The number of methoxy groups -OCH3 is 1. The summed E-state index contributed by atoms with van der Waals surface area (Å²) < 4.78 is 35.5. The summed E-state index contributed by atoms with van der Waals surface area (Å²) in [6.07, 6.45) is 2.29. The third kappa shape index (κ3) is 1.74. The molecule has 14 heavy (non-hydrogen) atoms. The predicted octanol–water partition coefficient (Wildman–Crippen LogP) is -0.694. The summed E-state index contributed by atoms with van der Waals surface area (Å²) in [5, 5.41) is 0. The fraction of sp³-hybridized carbons (Fsp3) is 0.429. The number of hydrogen-bond acceptors (Lipinski definition) is 5. The Labute approximate surface area is 82.0 Å². The molecule has 1 atom stereocenters. The van der Waals surface area contributed by atoms with Gasteiger partial charge in [0.05, 0.1) is 12.8 Å². The van der Waals surface area contributed by atoms with E-state index < -0.39 is 15.0 Å². The van der Waals surface area contributed by atoms with Crippen molar-refractivity contribution in [1.82, 2.24) is 0 Å². The molecule has 0 saturated heterocycles. The monoisotopic (exact) mass is 220 g/mol. The van der Waals surface area contributed by atoms with Gasteiger partial charge in [0.2, 0.25) is 0 Å². The molecule has 0 bridgehead atoms. The van der Waals surface area contributed by atoms with Crippen molar-refractivity contribution >= 4 is 10.1 Å². The Morgan fingerprint density at radius 2 is 2.21 bits per heavy atom. The summed E-state index contributed by atoms with van der Waals surface area (Å²) in [6.45, 7) is 0. The van der Waals surface area contributed by atoms with Crippen molar-refractivity contribution in [3.63, 3.8) is 0 Å². The van der Waals surface area contributed by atoms with Gasteiger partial charge in [0, 0.05) is 6.42 Å². The van der Waals surface area contributed by atoms with Crippen molar-refractivity contribution in [3.05, 3.63) is 23.6 Å². The SMILES string of the molecule is COC1=C(N)CC(N)(S(=O)(=O)O)C=C1. The zero-order chi connectivity index (χ0) is 11.0. The third-order valence-electron chi connectivity index (χ3n) is 2.00. The zero-order valence-electron chi connectivity index (χ0n) is 7.60. The van der Waals surface area contributed by atoms with Gasteiger partial charge in [-0.05, 0) is 12.2 Å².